The minimum atomic E-state index is -0.241. The van der Waals surface area contributed by atoms with Crippen LogP contribution in [0.3, 0.4) is 0 Å². The van der Waals surface area contributed by atoms with Crippen LogP contribution >= 0.6 is 11.6 Å². The van der Waals surface area contributed by atoms with Crippen molar-refractivity contribution in [2.75, 3.05) is 0 Å². The van der Waals surface area contributed by atoms with E-state index in [1.165, 1.54) is 6.42 Å². The van der Waals surface area contributed by atoms with Gasteiger partial charge in [-0.15, -0.1) is 0 Å². The number of imide groups is 1. The Balaban J connectivity index is 2.02. The number of benzene rings is 1. The van der Waals surface area contributed by atoms with Gasteiger partial charge in [-0.1, -0.05) is 43.5 Å². The molecule has 2 fully saturated rings. The molecule has 21 heavy (non-hydrogen) atoms. The molecule has 1 spiro atoms. The lowest BCUT2D eigenvalue weighted by Crippen LogP contribution is -2.52. The summed E-state index contributed by atoms with van der Waals surface area (Å²) in [5.41, 5.74) is 0.753. The van der Waals surface area contributed by atoms with Gasteiger partial charge in [-0.25, -0.2) is 0 Å². The molecule has 1 aromatic rings. The van der Waals surface area contributed by atoms with Gasteiger partial charge in [0, 0.05) is 11.4 Å². The molecular formula is C17H20ClNO2. The lowest BCUT2D eigenvalue weighted by atomic mass is 9.58. The SMILES string of the molecule is CC1CCCC2(CC(=O)NC(=O)C2c2ccc(Cl)cc2)C1. The first-order valence-corrected chi connectivity index (χ1v) is 7.97. The Kier molecular flexibility index (Phi) is 3.78. The molecule has 1 aromatic carbocycles. The highest BCUT2D eigenvalue weighted by atomic mass is 35.5. The van der Waals surface area contributed by atoms with Crippen molar-refractivity contribution in [2.24, 2.45) is 11.3 Å². The number of nitrogens with one attached hydrogen (secondary N) is 1. The zero-order chi connectivity index (χ0) is 15.0. The molecule has 112 valence electrons. The fourth-order valence-corrected chi connectivity index (χ4v) is 4.36. The second-order valence-corrected chi connectivity index (χ2v) is 7.07. The number of rotatable bonds is 1. The molecule has 0 aromatic heterocycles. The normalized spacial score (nSPS) is 33.0. The molecule has 2 aliphatic rings. The molecule has 1 aliphatic carbocycles. The molecule has 2 amide bonds. The Morgan fingerprint density at radius 1 is 1.24 bits per heavy atom. The van der Waals surface area contributed by atoms with E-state index in [4.69, 9.17) is 11.6 Å². The maximum atomic E-state index is 12.5. The summed E-state index contributed by atoms with van der Waals surface area (Å²) in [4.78, 5) is 24.4. The fraction of sp³-hybridized carbons (Fsp3) is 0.529. The molecular weight excluding hydrogens is 286 g/mol. The first-order chi connectivity index (χ1) is 10.00. The zero-order valence-electron chi connectivity index (χ0n) is 12.2. The fourth-order valence-electron chi connectivity index (χ4n) is 4.24. The van der Waals surface area contributed by atoms with Crippen LogP contribution in [0.5, 0.6) is 0 Å². The van der Waals surface area contributed by atoms with Crippen LogP contribution in [0.4, 0.5) is 0 Å². The zero-order valence-corrected chi connectivity index (χ0v) is 13.0. The molecule has 0 radical (unpaired) electrons. The van der Waals surface area contributed by atoms with Crippen molar-refractivity contribution in [3.8, 4) is 0 Å². The predicted octanol–water partition coefficient (Wildman–Crippen LogP) is 3.67. The summed E-state index contributed by atoms with van der Waals surface area (Å²) >= 11 is 5.96. The van der Waals surface area contributed by atoms with Gasteiger partial charge in [-0.3, -0.25) is 14.9 Å². The molecule has 1 saturated carbocycles. The van der Waals surface area contributed by atoms with Crippen LogP contribution in [0.2, 0.25) is 5.02 Å². The van der Waals surface area contributed by atoms with Crippen molar-refractivity contribution in [1.29, 1.82) is 0 Å². The topological polar surface area (TPSA) is 46.2 Å². The summed E-state index contributed by atoms with van der Waals surface area (Å²) in [5, 5.41) is 3.18. The molecule has 3 atom stereocenters. The van der Waals surface area contributed by atoms with Gasteiger partial charge in [0.15, 0.2) is 0 Å². The lowest BCUT2D eigenvalue weighted by molar-refractivity contribution is -0.142. The van der Waals surface area contributed by atoms with E-state index >= 15 is 0 Å². The third kappa shape index (κ3) is 2.71. The van der Waals surface area contributed by atoms with Crippen LogP contribution in [0.1, 0.15) is 50.5 Å². The van der Waals surface area contributed by atoms with Crippen LogP contribution in [0, 0.1) is 11.3 Å². The minimum absolute atomic E-state index is 0.126. The number of carbonyl (C=O) groups is 2. The van der Waals surface area contributed by atoms with Crippen LogP contribution in [-0.2, 0) is 9.59 Å². The number of hydrogen-bond donors (Lipinski definition) is 1. The number of hydrogen-bond acceptors (Lipinski definition) is 2. The minimum Gasteiger partial charge on any atom is -0.296 e. The smallest absolute Gasteiger partial charge is 0.234 e. The molecule has 3 rings (SSSR count). The summed E-state index contributed by atoms with van der Waals surface area (Å²) in [6.45, 7) is 2.22. The summed E-state index contributed by atoms with van der Waals surface area (Å²) < 4.78 is 0. The van der Waals surface area contributed by atoms with Crippen molar-refractivity contribution in [3.63, 3.8) is 0 Å². The maximum absolute atomic E-state index is 12.5. The molecule has 1 aliphatic heterocycles. The van der Waals surface area contributed by atoms with Gasteiger partial charge in [0.2, 0.25) is 11.8 Å². The Bertz CT molecular complexity index is 569. The maximum Gasteiger partial charge on any atom is 0.234 e. The van der Waals surface area contributed by atoms with Gasteiger partial charge >= 0.3 is 0 Å². The molecule has 1 N–H and O–H groups in total. The van der Waals surface area contributed by atoms with E-state index in [-0.39, 0.29) is 23.1 Å². The highest BCUT2D eigenvalue weighted by Crippen LogP contribution is 2.53. The number of halogens is 1. The average Bonchev–Trinajstić information content (AvgIpc) is 2.39. The van der Waals surface area contributed by atoms with E-state index in [9.17, 15) is 9.59 Å². The van der Waals surface area contributed by atoms with Gasteiger partial charge in [0.25, 0.3) is 0 Å². The first kappa shape index (κ1) is 14.6. The molecule has 1 heterocycles. The predicted molar refractivity (Wildman–Crippen MR) is 82.0 cm³/mol. The largest absolute Gasteiger partial charge is 0.296 e. The van der Waals surface area contributed by atoms with E-state index in [0.717, 1.165) is 24.8 Å². The van der Waals surface area contributed by atoms with E-state index in [1.807, 2.05) is 24.3 Å². The molecule has 3 nitrogen and oxygen atoms in total. The van der Waals surface area contributed by atoms with Crippen molar-refractivity contribution in [2.45, 2.75) is 44.9 Å². The molecule has 4 heteroatoms. The highest BCUT2D eigenvalue weighted by Gasteiger charge is 2.50. The standard InChI is InChI=1S/C17H20ClNO2/c1-11-3-2-8-17(9-11)10-14(20)19-16(21)15(17)12-4-6-13(18)7-5-12/h4-7,11,15H,2-3,8-10H2,1H3,(H,19,20,21). The van der Waals surface area contributed by atoms with Crippen molar-refractivity contribution in [3.05, 3.63) is 34.9 Å². The summed E-state index contributed by atoms with van der Waals surface area (Å²) in [5.74, 6) is 0.0458. The lowest BCUT2D eigenvalue weighted by Gasteiger charge is -2.47. The van der Waals surface area contributed by atoms with Crippen LogP contribution in [0.25, 0.3) is 0 Å². The Morgan fingerprint density at radius 3 is 2.62 bits per heavy atom. The Labute approximate surface area is 130 Å². The summed E-state index contributed by atoms with van der Waals surface area (Å²) in [6, 6.07) is 7.48. The van der Waals surface area contributed by atoms with Gasteiger partial charge in [0.1, 0.15) is 0 Å². The van der Waals surface area contributed by atoms with Gasteiger partial charge in [0.05, 0.1) is 5.92 Å². The van der Waals surface area contributed by atoms with Crippen molar-refractivity contribution >= 4 is 23.4 Å². The van der Waals surface area contributed by atoms with Crippen LogP contribution in [-0.4, -0.2) is 11.8 Å². The second kappa shape index (κ2) is 5.45. The van der Waals surface area contributed by atoms with Crippen molar-refractivity contribution < 1.29 is 9.59 Å². The molecule has 1 saturated heterocycles. The summed E-state index contributed by atoms with van der Waals surface area (Å²) in [7, 11) is 0. The van der Waals surface area contributed by atoms with Gasteiger partial charge in [-0.05, 0) is 41.9 Å². The number of piperidine rings is 1. The number of carbonyl (C=O) groups excluding carboxylic acids is 2. The third-order valence-electron chi connectivity index (χ3n) is 4.98. The van der Waals surface area contributed by atoms with Crippen molar-refractivity contribution in [1.82, 2.24) is 5.32 Å². The van der Waals surface area contributed by atoms with Crippen LogP contribution < -0.4 is 5.32 Å². The first-order valence-electron chi connectivity index (χ1n) is 7.59. The van der Waals surface area contributed by atoms with E-state index < -0.39 is 0 Å². The van der Waals surface area contributed by atoms with E-state index in [0.29, 0.717) is 17.4 Å². The monoisotopic (exact) mass is 305 g/mol. The quantitative estimate of drug-likeness (QED) is 0.805. The average molecular weight is 306 g/mol. The van der Waals surface area contributed by atoms with Gasteiger partial charge in [-0.2, -0.15) is 0 Å². The molecule has 0 bridgehead atoms. The van der Waals surface area contributed by atoms with Crippen LogP contribution in [0.15, 0.2) is 24.3 Å². The Hall–Kier alpha value is -1.35. The van der Waals surface area contributed by atoms with Gasteiger partial charge < -0.3 is 0 Å². The third-order valence-corrected chi connectivity index (χ3v) is 5.23. The Morgan fingerprint density at radius 2 is 1.95 bits per heavy atom. The number of amides is 2. The molecule has 3 unspecified atom stereocenters. The second-order valence-electron chi connectivity index (χ2n) is 6.64. The highest BCUT2D eigenvalue weighted by molar-refractivity contribution is 6.30. The van der Waals surface area contributed by atoms with E-state index in [1.54, 1.807) is 0 Å². The summed E-state index contributed by atoms with van der Waals surface area (Å²) in [6.07, 6.45) is 4.62. The van der Waals surface area contributed by atoms with E-state index in [2.05, 4.69) is 12.2 Å².